The molecule has 29 heavy (non-hydrogen) atoms. The van der Waals surface area contributed by atoms with Crippen LogP contribution in [0.4, 0.5) is 17.5 Å². The van der Waals surface area contributed by atoms with Crippen molar-refractivity contribution in [2.45, 2.75) is 13.8 Å². The lowest BCUT2D eigenvalue weighted by atomic mass is 10.2. The summed E-state index contributed by atoms with van der Waals surface area (Å²) < 4.78 is 0. The van der Waals surface area contributed by atoms with Gasteiger partial charge in [0, 0.05) is 43.8 Å². The topological polar surface area (TPSA) is 74.2 Å². The minimum absolute atomic E-state index is 0.229. The molecule has 0 atom stereocenters. The number of nitrogens with zero attached hydrogens (tertiary/aromatic N) is 5. The zero-order valence-corrected chi connectivity index (χ0v) is 16.7. The summed E-state index contributed by atoms with van der Waals surface area (Å²) in [7, 11) is 0. The molecule has 148 valence electrons. The van der Waals surface area contributed by atoms with Crippen molar-refractivity contribution < 1.29 is 4.79 Å². The number of rotatable bonds is 4. The van der Waals surface area contributed by atoms with Gasteiger partial charge in [0.15, 0.2) is 0 Å². The van der Waals surface area contributed by atoms with Crippen molar-refractivity contribution in [1.82, 2.24) is 15.0 Å². The van der Waals surface area contributed by atoms with E-state index in [2.05, 4.69) is 30.1 Å². The third-order valence-electron chi connectivity index (χ3n) is 4.92. The standard InChI is InChI=1S/C22H24N6O/c1-16-6-8-18(9-7-16)25-21(29)19-15-17(2)24-22(26-19)28-13-11-27(12-14-28)20-5-3-4-10-23-20/h3-10,15H,11-14H2,1-2H3,(H,25,29). The molecule has 0 spiro atoms. The summed E-state index contributed by atoms with van der Waals surface area (Å²) in [6, 6.07) is 15.4. The number of piperazine rings is 1. The van der Waals surface area contributed by atoms with Gasteiger partial charge < -0.3 is 15.1 Å². The fourth-order valence-electron chi connectivity index (χ4n) is 3.32. The van der Waals surface area contributed by atoms with Crippen molar-refractivity contribution in [2.75, 3.05) is 41.3 Å². The van der Waals surface area contributed by atoms with E-state index < -0.39 is 0 Å². The van der Waals surface area contributed by atoms with Crippen molar-refractivity contribution >= 4 is 23.4 Å². The maximum Gasteiger partial charge on any atom is 0.274 e. The molecule has 1 aromatic carbocycles. The molecule has 0 bridgehead atoms. The molecular weight excluding hydrogens is 364 g/mol. The van der Waals surface area contributed by atoms with Crippen molar-refractivity contribution in [3.05, 3.63) is 71.7 Å². The van der Waals surface area contributed by atoms with Gasteiger partial charge in [-0.2, -0.15) is 0 Å². The molecule has 1 N–H and O–H groups in total. The van der Waals surface area contributed by atoms with Gasteiger partial charge in [0.05, 0.1) is 0 Å². The van der Waals surface area contributed by atoms with Crippen LogP contribution in [0.5, 0.6) is 0 Å². The molecule has 3 aromatic rings. The highest BCUT2D eigenvalue weighted by Gasteiger charge is 2.21. The van der Waals surface area contributed by atoms with Crippen LogP contribution < -0.4 is 15.1 Å². The van der Waals surface area contributed by atoms with Gasteiger partial charge in [-0.1, -0.05) is 23.8 Å². The average Bonchev–Trinajstić information content (AvgIpc) is 2.75. The molecule has 4 rings (SSSR count). The van der Waals surface area contributed by atoms with Gasteiger partial charge >= 0.3 is 0 Å². The minimum atomic E-state index is -0.229. The number of hydrogen-bond donors (Lipinski definition) is 1. The molecule has 0 unspecified atom stereocenters. The predicted molar refractivity (Wildman–Crippen MR) is 115 cm³/mol. The van der Waals surface area contributed by atoms with Crippen LogP contribution in [0.1, 0.15) is 21.7 Å². The van der Waals surface area contributed by atoms with Gasteiger partial charge in [-0.3, -0.25) is 4.79 Å². The molecule has 2 aromatic heterocycles. The predicted octanol–water partition coefficient (Wildman–Crippen LogP) is 3.07. The van der Waals surface area contributed by atoms with E-state index in [1.54, 1.807) is 6.07 Å². The van der Waals surface area contributed by atoms with Gasteiger partial charge in [-0.15, -0.1) is 0 Å². The summed E-state index contributed by atoms with van der Waals surface area (Å²) >= 11 is 0. The lowest BCUT2D eigenvalue weighted by Crippen LogP contribution is -2.47. The van der Waals surface area contributed by atoms with Crippen LogP contribution >= 0.6 is 0 Å². The van der Waals surface area contributed by atoms with Crippen molar-refractivity contribution in [3.63, 3.8) is 0 Å². The maximum absolute atomic E-state index is 12.7. The van der Waals surface area contributed by atoms with Crippen LogP contribution in [0.3, 0.4) is 0 Å². The highest BCUT2D eigenvalue weighted by atomic mass is 16.1. The quantitative estimate of drug-likeness (QED) is 0.740. The lowest BCUT2D eigenvalue weighted by molar-refractivity contribution is 0.102. The highest BCUT2D eigenvalue weighted by molar-refractivity contribution is 6.03. The summed E-state index contributed by atoms with van der Waals surface area (Å²) in [5.41, 5.74) is 3.05. The van der Waals surface area contributed by atoms with E-state index in [4.69, 9.17) is 0 Å². The number of aryl methyl sites for hydroxylation is 2. The zero-order valence-electron chi connectivity index (χ0n) is 16.7. The number of hydrogen-bond acceptors (Lipinski definition) is 6. The normalized spacial score (nSPS) is 14.0. The molecule has 0 aliphatic carbocycles. The lowest BCUT2D eigenvalue weighted by Gasteiger charge is -2.35. The van der Waals surface area contributed by atoms with E-state index in [1.165, 1.54) is 0 Å². The first-order chi connectivity index (χ1) is 14.1. The molecule has 3 heterocycles. The summed E-state index contributed by atoms with van der Waals surface area (Å²) in [5, 5.41) is 2.91. The summed E-state index contributed by atoms with van der Waals surface area (Å²) in [4.78, 5) is 30.6. The van der Waals surface area contributed by atoms with E-state index in [1.807, 2.05) is 62.5 Å². The number of carbonyl (C=O) groups is 1. The second-order valence-corrected chi connectivity index (χ2v) is 7.18. The molecule has 7 heteroatoms. The Morgan fingerprint density at radius 3 is 2.34 bits per heavy atom. The Labute approximate surface area is 170 Å². The molecule has 7 nitrogen and oxygen atoms in total. The highest BCUT2D eigenvalue weighted by Crippen LogP contribution is 2.18. The fourth-order valence-corrected chi connectivity index (χ4v) is 3.32. The number of aromatic nitrogens is 3. The summed E-state index contributed by atoms with van der Waals surface area (Å²) in [6.45, 7) is 7.12. The van der Waals surface area contributed by atoms with Gasteiger partial charge in [0.2, 0.25) is 5.95 Å². The minimum Gasteiger partial charge on any atom is -0.353 e. The van der Waals surface area contributed by atoms with Gasteiger partial charge in [0.1, 0.15) is 11.5 Å². The third kappa shape index (κ3) is 4.51. The van der Waals surface area contributed by atoms with Crippen LogP contribution in [0.25, 0.3) is 0 Å². The van der Waals surface area contributed by atoms with Crippen LogP contribution in [0.2, 0.25) is 0 Å². The molecule has 1 amide bonds. The molecule has 1 saturated heterocycles. The van der Waals surface area contributed by atoms with E-state index >= 15 is 0 Å². The number of anilines is 3. The van der Waals surface area contributed by atoms with Crippen molar-refractivity contribution in [2.24, 2.45) is 0 Å². The molecule has 0 saturated carbocycles. The first-order valence-corrected chi connectivity index (χ1v) is 9.73. The van der Waals surface area contributed by atoms with Crippen LogP contribution in [0.15, 0.2) is 54.7 Å². The van der Waals surface area contributed by atoms with Gasteiger partial charge in [0.25, 0.3) is 5.91 Å². The second-order valence-electron chi connectivity index (χ2n) is 7.18. The van der Waals surface area contributed by atoms with Crippen LogP contribution in [-0.2, 0) is 0 Å². The Bertz CT molecular complexity index is 982. The molecule has 1 fully saturated rings. The van der Waals surface area contributed by atoms with Crippen molar-refractivity contribution in [1.29, 1.82) is 0 Å². The first kappa shape index (κ1) is 18.9. The molecule has 1 aliphatic heterocycles. The molecule has 0 radical (unpaired) electrons. The van der Waals surface area contributed by atoms with Gasteiger partial charge in [-0.05, 0) is 44.2 Å². The number of pyridine rings is 1. The summed E-state index contributed by atoms with van der Waals surface area (Å²) in [5.74, 6) is 1.35. The summed E-state index contributed by atoms with van der Waals surface area (Å²) in [6.07, 6.45) is 1.81. The smallest absolute Gasteiger partial charge is 0.274 e. The molecule has 1 aliphatic rings. The SMILES string of the molecule is Cc1ccc(NC(=O)c2cc(C)nc(N3CCN(c4ccccn4)CC3)n2)cc1. The Kier molecular flexibility index (Phi) is 5.37. The fraction of sp³-hybridized carbons (Fsp3) is 0.273. The van der Waals surface area contributed by atoms with E-state index in [0.717, 1.165) is 48.9 Å². The van der Waals surface area contributed by atoms with E-state index in [-0.39, 0.29) is 5.91 Å². The third-order valence-corrected chi connectivity index (χ3v) is 4.92. The van der Waals surface area contributed by atoms with Gasteiger partial charge in [-0.25, -0.2) is 15.0 Å². The zero-order chi connectivity index (χ0) is 20.2. The number of nitrogens with one attached hydrogen (secondary N) is 1. The Hall–Kier alpha value is -3.48. The monoisotopic (exact) mass is 388 g/mol. The first-order valence-electron chi connectivity index (χ1n) is 9.73. The van der Waals surface area contributed by atoms with E-state index in [0.29, 0.717) is 11.6 Å². The largest absolute Gasteiger partial charge is 0.353 e. The van der Waals surface area contributed by atoms with Crippen LogP contribution in [-0.4, -0.2) is 47.0 Å². The van der Waals surface area contributed by atoms with Crippen molar-refractivity contribution in [3.8, 4) is 0 Å². The van der Waals surface area contributed by atoms with E-state index in [9.17, 15) is 4.79 Å². The number of carbonyl (C=O) groups excluding carboxylic acids is 1. The Morgan fingerprint density at radius 1 is 0.931 bits per heavy atom. The number of amides is 1. The van der Waals surface area contributed by atoms with Crippen LogP contribution in [0, 0.1) is 13.8 Å². The second kappa shape index (κ2) is 8.26. The maximum atomic E-state index is 12.7. The average molecular weight is 388 g/mol. The Balaban J connectivity index is 1.46. The molecular formula is C22H24N6O. The Morgan fingerprint density at radius 2 is 1.66 bits per heavy atom. The number of benzene rings is 1.